The third kappa shape index (κ3) is 4.41. The molecule has 0 spiro atoms. The van der Waals surface area contributed by atoms with Gasteiger partial charge in [-0.25, -0.2) is 4.79 Å². The van der Waals surface area contributed by atoms with E-state index < -0.39 is 10.9 Å². The Hall–Kier alpha value is -2.64. The van der Waals surface area contributed by atoms with E-state index in [4.69, 9.17) is 5.11 Å². The number of para-hydroxylation sites is 1. The first-order valence-electron chi connectivity index (χ1n) is 7.47. The number of urea groups is 1. The number of piperidine rings is 1. The molecule has 0 radical (unpaired) electrons. The van der Waals surface area contributed by atoms with E-state index >= 15 is 0 Å². The number of benzene rings is 1. The van der Waals surface area contributed by atoms with Gasteiger partial charge in [-0.1, -0.05) is 18.2 Å². The molecule has 1 aliphatic heterocycles. The van der Waals surface area contributed by atoms with Crippen molar-refractivity contribution in [2.75, 3.05) is 19.6 Å². The van der Waals surface area contributed by atoms with Crippen LogP contribution in [-0.4, -0.2) is 46.6 Å². The minimum atomic E-state index is -0.818. The number of nitro benzene ring substituents is 1. The number of carboxylic acids is 1. The lowest BCUT2D eigenvalue weighted by Crippen LogP contribution is -2.45. The van der Waals surface area contributed by atoms with Crippen LogP contribution in [0.15, 0.2) is 24.3 Å². The fraction of sp³-hybridized carbons (Fsp3) is 0.467. The Labute approximate surface area is 133 Å². The van der Waals surface area contributed by atoms with Gasteiger partial charge in [0.2, 0.25) is 0 Å². The number of nitrogens with zero attached hydrogens (tertiary/aromatic N) is 2. The van der Waals surface area contributed by atoms with Gasteiger partial charge in [-0.15, -0.1) is 0 Å². The maximum absolute atomic E-state index is 12.0. The van der Waals surface area contributed by atoms with Crippen molar-refractivity contribution in [3.05, 3.63) is 39.9 Å². The van der Waals surface area contributed by atoms with Crippen LogP contribution in [-0.2, 0) is 11.2 Å². The highest BCUT2D eigenvalue weighted by molar-refractivity contribution is 5.75. The minimum absolute atomic E-state index is 0.0454. The molecular formula is C15H19N3O5. The highest BCUT2D eigenvalue weighted by atomic mass is 16.6. The average molecular weight is 321 g/mol. The molecule has 2 rings (SSSR count). The van der Waals surface area contributed by atoms with Crippen LogP contribution in [0.25, 0.3) is 0 Å². The van der Waals surface area contributed by atoms with E-state index in [-0.39, 0.29) is 17.6 Å². The predicted octanol–water partition coefficient (Wildman–Crippen LogP) is 1.64. The molecule has 1 aliphatic rings. The molecule has 8 nitrogen and oxygen atoms in total. The summed E-state index contributed by atoms with van der Waals surface area (Å²) < 4.78 is 0. The topological polar surface area (TPSA) is 113 Å². The van der Waals surface area contributed by atoms with Crippen molar-refractivity contribution >= 4 is 17.7 Å². The maximum atomic E-state index is 12.0. The number of aliphatic carboxylic acids is 1. The van der Waals surface area contributed by atoms with Crippen LogP contribution in [0.4, 0.5) is 10.5 Å². The van der Waals surface area contributed by atoms with Crippen molar-refractivity contribution < 1.29 is 19.6 Å². The van der Waals surface area contributed by atoms with E-state index in [0.717, 1.165) is 0 Å². The van der Waals surface area contributed by atoms with Crippen LogP contribution in [0.2, 0.25) is 0 Å². The summed E-state index contributed by atoms with van der Waals surface area (Å²) in [4.78, 5) is 34.9. The minimum Gasteiger partial charge on any atom is -0.481 e. The number of carboxylic acid groups (broad SMARTS) is 1. The first-order chi connectivity index (χ1) is 11.0. The molecule has 0 aliphatic carbocycles. The Morgan fingerprint density at radius 3 is 2.57 bits per heavy atom. The number of nitro groups is 1. The van der Waals surface area contributed by atoms with Crippen molar-refractivity contribution in [3.8, 4) is 0 Å². The number of rotatable bonds is 5. The Balaban J connectivity index is 1.80. The molecular weight excluding hydrogens is 302 g/mol. The summed E-state index contributed by atoms with van der Waals surface area (Å²) in [5.41, 5.74) is 0.617. The molecule has 0 atom stereocenters. The van der Waals surface area contributed by atoms with Crippen molar-refractivity contribution in [2.24, 2.45) is 5.92 Å². The molecule has 1 aromatic carbocycles. The maximum Gasteiger partial charge on any atom is 0.317 e. The van der Waals surface area contributed by atoms with Crippen LogP contribution in [0.3, 0.4) is 0 Å². The Morgan fingerprint density at radius 2 is 1.96 bits per heavy atom. The molecule has 124 valence electrons. The molecule has 1 fully saturated rings. The smallest absolute Gasteiger partial charge is 0.317 e. The molecule has 2 N–H and O–H groups in total. The monoisotopic (exact) mass is 321 g/mol. The SMILES string of the molecule is O=C(O)C1CCN(C(=O)NCCc2ccccc2[N+](=O)[O-])CC1. The van der Waals surface area contributed by atoms with Gasteiger partial charge in [0.25, 0.3) is 5.69 Å². The summed E-state index contributed by atoms with van der Waals surface area (Å²) in [6.45, 7) is 1.12. The van der Waals surface area contributed by atoms with Gasteiger partial charge in [0.05, 0.1) is 10.8 Å². The van der Waals surface area contributed by atoms with Crippen molar-refractivity contribution in [2.45, 2.75) is 19.3 Å². The fourth-order valence-electron chi connectivity index (χ4n) is 2.65. The van der Waals surface area contributed by atoms with E-state index in [2.05, 4.69) is 5.32 Å². The van der Waals surface area contributed by atoms with E-state index in [1.165, 1.54) is 6.07 Å². The molecule has 0 unspecified atom stereocenters. The van der Waals surface area contributed by atoms with Crippen LogP contribution in [0.1, 0.15) is 18.4 Å². The number of carbonyl (C=O) groups excluding carboxylic acids is 1. The highest BCUT2D eigenvalue weighted by Crippen LogP contribution is 2.18. The lowest BCUT2D eigenvalue weighted by Gasteiger charge is -2.30. The Morgan fingerprint density at radius 1 is 1.30 bits per heavy atom. The third-order valence-corrected chi connectivity index (χ3v) is 3.99. The van der Waals surface area contributed by atoms with E-state index in [1.54, 1.807) is 23.1 Å². The fourth-order valence-corrected chi connectivity index (χ4v) is 2.65. The molecule has 1 saturated heterocycles. The van der Waals surface area contributed by atoms with Gasteiger partial charge in [0.1, 0.15) is 0 Å². The Bertz CT molecular complexity index is 597. The largest absolute Gasteiger partial charge is 0.481 e. The lowest BCUT2D eigenvalue weighted by atomic mass is 9.97. The van der Waals surface area contributed by atoms with Gasteiger partial charge in [0, 0.05) is 31.3 Å². The predicted molar refractivity (Wildman–Crippen MR) is 82.1 cm³/mol. The van der Waals surface area contributed by atoms with Gasteiger partial charge in [0.15, 0.2) is 0 Å². The third-order valence-electron chi connectivity index (χ3n) is 3.99. The summed E-state index contributed by atoms with van der Waals surface area (Å²) in [5.74, 6) is -1.20. The van der Waals surface area contributed by atoms with E-state index in [9.17, 15) is 19.7 Å². The molecule has 1 heterocycles. The number of hydrogen-bond acceptors (Lipinski definition) is 4. The Kier molecular flexibility index (Phi) is 5.51. The number of carbonyl (C=O) groups is 2. The van der Waals surface area contributed by atoms with Gasteiger partial charge in [-0.3, -0.25) is 14.9 Å². The quantitative estimate of drug-likeness (QED) is 0.632. The van der Waals surface area contributed by atoms with E-state index in [0.29, 0.717) is 44.5 Å². The first kappa shape index (κ1) is 16.7. The summed E-state index contributed by atoms with van der Waals surface area (Å²) in [6.07, 6.45) is 1.27. The molecule has 0 saturated carbocycles. The van der Waals surface area contributed by atoms with Gasteiger partial charge in [-0.2, -0.15) is 0 Å². The zero-order valence-corrected chi connectivity index (χ0v) is 12.6. The second kappa shape index (κ2) is 7.57. The van der Waals surface area contributed by atoms with Gasteiger partial charge < -0.3 is 15.3 Å². The summed E-state index contributed by atoms with van der Waals surface area (Å²) >= 11 is 0. The summed E-state index contributed by atoms with van der Waals surface area (Å²) in [6, 6.07) is 6.18. The lowest BCUT2D eigenvalue weighted by molar-refractivity contribution is -0.385. The molecule has 8 heteroatoms. The van der Waals surface area contributed by atoms with Crippen molar-refractivity contribution in [1.29, 1.82) is 0 Å². The van der Waals surface area contributed by atoms with Gasteiger partial charge in [-0.05, 0) is 19.3 Å². The van der Waals surface area contributed by atoms with Crippen LogP contribution in [0, 0.1) is 16.0 Å². The van der Waals surface area contributed by atoms with Crippen LogP contribution < -0.4 is 5.32 Å². The average Bonchev–Trinajstić information content (AvgIpc) is 2.55. The number of hydrogen-bond donors (Lipinski definition) is 2. The second-order valence-corrected chi connectivity index (χ2v) is 5.47. The normalized spacial score (nSPS) is 15.2. The molecule has 0 aromatic heterocycles. The first-order valence-corrected chi connectivity index (χ1v) is 7.47. The van der Waals surface area contributed by atoms with Crippen molar-refractivity contribution in [1.82, 2.24) is 10.2 Å². The zero-order valence-electron chi connectivity index (χ0n) is 12.6. The summed E-state index contributed by atoms with van der Waals surface area (Å²) in [5, 5.41) is 22.6. The zero-order chi connectivity index (χ0) is 16.8. The number of amides is 2. The number of nitrogens with one attached hydrogen (secondary N) is 1. The second-order valence-electron chi connectivity index (χ2n) is 5.47. The van der Waals surface area contributed by atoms with Crippen LogP contribution >= 0.6 is 0 Å². The van der Waals surface area contributed by atoms with Crippen molar-refractivity contribution in [3.63, 3.8) is 0 Å². The summed E-state index contributed by atoms with van der Waals surface area (Å²) in [7, 11) is 0. The standard InChI is InChI=1S/C15H19N3O5/c19-14(20)12-6-9-17(10-7-12)15(21)16-8-5-11-3-1-2-4-13(11)18(22)23/h1-4,12H,5-10H2,(H,16,21)(H,19,20). The molecule has 23 heavy (non-hydrogen) atoms. The number of likely N-dealkylation sites (tertiary alicyclic amines) is 1. The van der Waals surface area contributed by atoms with Gasteiger partial charge >= 0.3 is 12.0 Å². The molecule has 1 aromatic rings. The van der Waals surface area contributed by atoms with Crippen LogP contribution in [0.5, 0.6) is 0 Å². The van der Waals surface area contributed by atoms with E-state index in [1.807, 2.05) is 0 Å². The molecule has 0 bridgehead atoms. The molecule has 2 amide bonds. The highest BCUT2D eigenvalue weighted by Gasteiger charge is 2.26.